The van der Waals surface area contributed by atoms with Crippen molar-refractivity contribution < 1.29 is 9.84 Å². The van der Waals surface area contributed by atoms with E-state index in [-0.39, 0.29) is 6.61 Å². The van der Waals surface area contributed by atoms with E-state index in [1.165, 1.54) is 16.7 Å². The summed E-state index contributed by atoms with van der Waals surface area (Å²) in [6.45, 7) is 4.22. The van der Waals surface area contributed by atoms with Crippen LogP contribution in [0.2, 0.25) is 0 Å². The summed E-state index contributed by atoms with van der Waals surface area (Å²) in [5.41, 5.74) is 5.55. The van der Waals surface area contributed by atoms with Crippen LogP contribution in [0.4, 0.5) is 0 Å². The largest absolute Gasteiger partial charge is 0.496 e. The van der Waals surface area contributed by atoms with Crippen LogP contribution in [0.3, 0.4) is 0 Å². The zero-order chi connectivity index (χ0) is 13.1. The molecule has 0 spiro atoms. The first kappa shape index (κ1) is 12.7. The van der Waals surface area contributed by atoms with Gasteiger partial charge in [-0.3, -0.25) is 0 Å². The second-order valence-electron chi connectivity index (χ2n) is 4.46. The molecule has 0 unspecified atom stereocenters. The van der Waals surface area contributed by atoms with Crippen LogP contribution < -0.4 is 4.74 Å². The number of aryl methyl sites for hydroxylation is 2. The molecular weight excluding hydrogens is 224 g/mol. The van der Waals surface area contributed by atoms with Crippen molar-refractivity contribution in [1.29, 1.82) is 0 Å². The lowest BCUT2D eigenvalue weighted by atomic mass is 9.94. The topological polar surface area (TPSA) is 29.5 Å². The van der Waals surface area contributed by atoms with Gasteiger partial charge in [-0.25, -0.2) is 0 Å². The highest BCUT2D eigenvalue weighted by Crippen LogP contribution is 2.35. The molecule has 0 saturated carbocycles. The molecule has 0 aromatic heterocycles. The smallest absolute Gasteiger partial charge is 0.126 e. The summed E-state index contributed by atoms with van der Waals surface area (Å²) in [5.74, 6) is 0.838. The second-order valence-corrected chi connectivity index (χ2v) is 4.46. The minimum atomic E-state index is 0.0436. The minimum Gasteiger partial charge on any atom is -0.496 e. The highest BCUT2D eigenvalue weighted by Gasteiger charge is 2.11. The van der Waals surface area contributed by atoms with Gasteiger partial charge in [-0.05, 0) is 48.2 Å². The van der Waals surface area contributed by atoms with E-state index in [4.69, 9.17) is 4.74 Å². The lowest BCUT2D eigenvalue weighted by Crippen LogP contribution is -1.94. The summed E-state index contributed by atoms with van der Waals surface area (Å²) in [6, 6.07) is 12.0. The van der Waals surface area contributed by atoms with Crippen molar-refractivity contribution in [2.24, 2.45) is 0 Å². The molecule has 0 aliphatic rings. The first-order chi connectivity index (χ1) is 8.67. The molecule has 2 nitrogen and oxygen atoms in total. The molecule has 0 aliphatic carbocycles. The van der Waals surface area contributed by atoms with Gasteiger partial charge in [-0.2, -0.15) is 0 Å². The van der Waals surface area contributed by atoms with Crippen molar-refractivity contribution in [1.82, 2.24) is 0 Å². The quantitative estimate of drug-likeness (QED) is 0.893. The van der Waals surface area contributed by atoms with Crippen molar-refractivity contribution in [3.05, 3.63) is 53.1 Å². The fourth-order valence-corrected chi connectivity index (χ4v) is 2.29. The summed E-state index contributed by atoms with van der Waals surface area (Å²) in [7, 11) is 1.67. The van der Waals surface area contributed by atoms with Crippen molar-refractivity contribution in [3.8, 4) is 16.9 Å². The molecule has 0 atom stereocenters. The first-order valence-electron chi connectivity index (χ1n) is 6.01. The Morgan fingerprint density at radius 3 is 2.28 bits per heavy atom. The van der Waals surface area contributed by atoms with Crippen LogP contribution >= 0.6 is 0 Å². The van der Waals surface area contributed by atoms with Gasteiger partial charge in [0.2, 0.25) is 0 Å². The Hall–Kier alpha value is -1.80. The van der Waals surface area contributed by atoms with E-state index in [1.54, 1.807) is 7.11 Å². The third-order valence-electron chi connectivity index (χ3n) is 3.20. The number of aliphatic hydroxyl groups is 1. The van der Waals surface area contributed by atoms with Crippen molar-refractivity contribution >= 4 is 0 Å². The van der Waals surface area contributed by atoms with E-state index >= 15 is 0 Å². The van der Waals surface area contributed by atoms with E-state index in [1.807, 2.05) is 18.2 Å². The maximum absolute atomic E-state index is 9.27. The summed E-state index contributed by atoms with van der Waals surface area (Å²) in [5, 5.41) is 9.27. The predicted molar refractivity (Wildman–Crippen MR) is 73.8 cm³/mol. The molecule has 1 N–H and O–H groups in total. The molecule has 2 rings (SSSR count). The molecule has 0 heterocycles. The third-order valence-corrected chi connectivity index (χ3v) is 3.20. The predicted octanol–water partition coefficient (Wildman–Crippen LogP) is 3.47. The Labute approximate surface area is 108 Å². The van der Waals surface area contributed by atoms with Gasteiger partial charge < -0.3 is 9.84 Å². The molecule has 0 saturated heterocycles. The van der Waals surface area contributed by atoms with Crippen LogP contribution in [0.1, 0.15) is 16.7 Å². The summed E-state index contributed by atoms with van der Waals surface area (Å²) >= 11 is 0. The van der Waals surface area contributed by atoms with Crippen LogP contribution in [-0.2, 0) is 6.61 Å². The van der Waals surface area contributed by atoms with Crippen LogP contribution in [0.15, 0.2) is 36.4 Å². The van der Waals surface area contributed by atoms with Gasteiger partial charge >= 0.3 is 0 Å². The van der Waals surface area contributed by atoms with Gasteiger partial charge in [-0.1, -0.05) is 24.3 Å². The van der Waals surface area contributed by atoms with E-state index in [9.17, 15) is 5.11 Å². The number of benzene rings is 2. The van der Waals surface area contributed by atoms with E-state index < -0.39 is 0 Å². The minimum absolute atomic E-state index is 0.0436. The molecule has 2 heteroatoms. The Morgan fingerprint density at radius 1 is 1.06 bits per heavy atom. The maximum atomic E-state index is 9.27. The average molecular weight is 242 g/mol. The SMILES string of the molecule is COc1ccc(CO)cc1-c1c(C)cccc1C. The monoisotopic (exact) mass is 242 g/mol. The van der Waals surface area contributed by atoms with Gasteiger partial charge in [0.1, 0.15) is 5.75 Å². The number of ether oxygens (including phenoxy) is 1. The Balaban J connectivity index is 2.68. The molecule has 0 aliphatic heterocycles. The van der Waals surface area contributed by atoms with Crippen molar-refractivity contribution in [3.63, 3.8) is 0 Å². The van der Waals surface area contributed by atoms with Gasteiger partial charge in [0, 0.05) is 5.56 Å². The maximum Gasteiger partial charge on any atom is 0.126 e. The Morgan fingerprint density at radius 2 is 1.72 bits per heavy atom. The molecule has 94 valence electrons. The van der Waals surface area contributed by atoms with E-state index in [0.717, 1.165) is 16.9 Å². The molecule has 0 amide bonds. The van der Waals surface area contributed by atoms with Gasteiger partial charge in [0.25, 0.3) is 0 Å². The third kappa shape index (κ3) is 2.24. The number of aliphatic hydroxyl groups excluding tert-OH is 1. The molecule has 0 radical (unpaired) electrons. The zero-order valence-electron chi connectivity index (χ0n) is 11.0. The Kier molecular flexibility index (Phi) is 3.68. The first-order valence-corrected chi connectivity index (χ1v) is 6.01. The molecule has 0 bridgehead atoms. The fraction of sp³-hybridized carbons (Fsp3) is 0.250. The molecule has 0 fully saturated rings. The van der Waals surface area contributed by atoms with Crippen LogP contribution in [0.25, 0.3) is 11.1 Å². The normalized spacial score (nSPS) is 10.4. The van der Waals surface area contributed by atoms with Crippen LogP contribution in [0.5, 0.6) is 5.75 Å². The molecule has 2 aromatic rings. The van der Waals surface area contributed by atoms with Gasteiger partial charge in [0.05, 0.1) is 13.7 Å². The number of hydrogen-bond donors (Lipinski definition) is 1. The van der Waals surface area contributed by atoms with Crippen LogP contribution in [0, 0.1) is 13.8 Å². The lowest BCUT2D eigenvalue weighted by Gasteiger charge is -2.14. The highest BCUT2D eigenvalue weighted by atomic mass is 16.5. The fourth-order valence-electron chi connectivity index (χ4n) is 2.29. The molecule has 2 aromatic carbocycles. The molecule has 18 heavy (non-hydrogen) atoms. The summed E-state index contributed by atoms with van der Waals surface area (Å²) in [4.78, 5) is 0. The standard InChI is InChI=1S/C16H18O2/c1-11-5-4-6-12(2)16(11)14-9-13(10-17)7-8-15(14)18-3/h4-9,17H,10H2,1-3H3. The second kappa shape index (κ2) is 5.23. The molecular formula is C16H18O2. The van der Waals surface area contributed by atoms with Crippen molar-refractivity contribution in [2.75, 3.05) is 7.11 Å². The Bertz CT molecular complexity index is 539. The summed E-state index contributed by atoms with van der Waals surface area (Å²) in [6.07, 6.45) is 0. The summed E-state index contributed by atoms with van der Waals surface area (Å²) < 4.78 is 5.43. The average Bonchev–Trinajstić information content (AvgIpc) is 2.38. The van der Waals surface area contributed by atoms with Gasteiger partial charge in [0.15, 0.2) is 0 Å². The number of rotatable bonds is 3. The van der Waals surface area contributed by atoms with Gasteiger partial charge in [-0.15, -0.1) is 0 Å². The van der Waals surface area contributed by atoms with E-state index in [0.29, 0.717) is 0 Å². The number of methoxy groups -OCH3 is 1. The zero-order valence-corrected chi connectivity index (χ0v) is 11.0. The number of hydrogen-bond acceptors (Lipinski definition) is 2. The van der Waals surface area contributed by atoms with E-state index in [2.05, 4.69) is 32.0 Å². The highest BCUT2D eigenvalue weighted by molar-refractivity contribution is 5.76. The lowest BCUT2D eigenvalue weighted by molar-refractivity contribution is 0.281. The van der Waals surface area contributed by atoms with Crippen molar-refractivity contribution in [2.45, 2.75) is 20.5 Å². The van der Waals surface area contributed by atoms with Crippen LogP contribution in [-0.4, -0.2) is 12.2 Å².